The lowest BCUT2D eigenvalue weighted by molar-refractivity contribution is 1.18. The van der Waals surface area contributed by atoms with Gasteiger partial charge in [-0.3, -0.25) is 0 Å². The van der Waals surface area contributed by atoms with Crippen LogP contribution in [0.5, 0.6) is 0 Å². The second-order valence-electron chi connectivity index (χ2n) is 6.91. The number of rotatable bonds is 2. The first-order valence-corrected chi connectivity index (χ1v) is 9.56. The summed E-state index contributed by atoms with van der Waals surface area (Å²) in [5.74, 6) is 0. The highest BCUT2D eigenvalue weighted by Crippen LogP contribution is 2.40. The van der Waals surface area contributed by atoms with E-state index in [0.717, 1.165) is 4.90 Å². The molecule has 0 aliphatic heterocycles. The molecule has 1 aromatic heterocycles. The highest BCUT2D eigenvalue weighted by Gasteiger charge is 2.16. The Bertz CT molecular complexity index is 1280. The number of thiol groups is 1. The van der Waals surface area contributed by atoms with E-state index in [4.69, 9.17) is 12.6 Å². The number of nitrogens with zero attached hydrogens (tertiary/aromatic N) is 1. The number of aromatic nitrogens is 1. The van der Waals surface area contributed by atoms with E-state index in [1.165, 1.54) is 44.2 Å². The molecule has 27 heavy (non-hydrogen) atoms. The van der Waals surface area contributed by atoms with E-state index >= 15 is 0 Å². The largest absolute Gasteiger partial charge is 0.309 e. The Morgan fingerprint density at radius 2 is 1.48 bits per heavy atom. The van der Waals surface area contributed by atoms with Crippen molar-refractivity contribution in [2.24, 2.45) is 0 Å². The zero-order chi connectivity index (χ0) is 18.4. The number of hydrogen-bond acceptors (Lipinski definition) is 1. The summed E-state index contributed by atoms with van der Waals surface area (Å²) in [4.78, 5) is 1.03. The molecule has 0 amide bonds. The first-order chi connectivity index (χ1) is 13.2. The number of fused-ring (bicyclic) bond motifs is 3. The molecule has 2 heteroatoms. The molecule has 0 spiro atoms. The van der Waals surface area contributed by atoms with Crippen molar-refractivity contribution in [3.8, 4) is 16.8 Å². The fraction of sp³-hybridized carbons (Fsp3) is 0.0400. The molecule has 0 radical (unpaired) electrons. The summed E-state index contributed by atoms with van der Waals surface area (Å²) in [6.07, 6.45) is 0. The maximum Gasteiger partial charge on any atom is 0.0552 e. The van der Waals surface area contributed by atoms with Gasteiger partial charge in [-0.05, 0) is 42.3 Å². The molecule has 1 nitrogen and oxygen atoms in total. The molecule has 4 aromatic carbocycles. The molecule has 0 unspecified atom stereocenters. The van der Waals surface area contributed by atoms with E-state index in [9.17, 15) is 0 Å². The summed E-state index contributed by atoms with van der Waals surface area (Å²) < 4.78 is 2.32. The number of benzene rings is 4. The molecule has 0 atom stereocenters. The van der Waals surface area contributed by atoms with E-state index in [0.29, 0.717) is 0 Å². The van der Waals surface area contributed by atoms with Crippen LogP contribution in [-0.2, 0) is 0 Å². The number of aryl methyl sites for hydroxylation is 1. The minimum Gasteiger partial charge on any atom is -0.309 e. The van der Waals surface area contributed by atoms with E-state index in [-0.39, 0.29) is 0 Å². The number of hydrogen-bond donors (Lipinski definition) is 1. The van der Waals surface area contributed by atoms with Gasteiger partial charge < -0.3 is 4.57 Å². The maximum atomic E-state index is 5.00. The zero-order valence-corrected chi connectivity index (χ0v) is 15.9. The van der Waals surface area contributed by atoms with Crippen LogP contribution >= 0.6 is 12.6 Å². The average Bonchev–Trinajstić information content (AvgIpc) is 3.04. The SMILES string of the molecule is Cc1cccc(-c2ccc3c(c2S)c2ccccc2n3-c2ccccc2)c1. The molecule has 130 valence electrons. The fourth-order valence-electron chi connectivity index (χ4n) is 3.94. The van der Waals surface area contributed by atoms with Crippen molar-refractivity contribution in [3.63, 3.8) is 0 Å². The van der Waals surface area contributed by atoms with Gasteiger partial charge in [-0.2, -0.15) is 0 Å². The Morgan fingerprint density at radius 3 is 2.30 bits per heavy atom. The van der Waals surface area contributed by atoms with Crippen molar-refractivity contribution in [2.45, 2.75) is 11.8 Å². The van der Waals surface area contributed by atoms with Gasteiger partial charge in [-0.1, -0.05) is 72.3 Å². The second kappa shape index (κ2) is 6.33. The van der Waals surface area contributed by atoms with E-state index < -0.39 is 0 Å². The molecule has 0 saturated carbocycles. The Hall–Kier alpha value is -2.97. The highest BCUT2D eigenvalue weighted by atomic mass is 32.1. The zero-order valence-electron chi connectivity index (χ0n) is 15.1. The highest BCUT2D eigenvalue weighted by molar-refractivity contribution is 7.80. The van der Waals surface area contributed by atoms with Crippen LogP contribution in [0.2, 0.25) is 0 Å². The van der Waals surface area contributed by atoms with Crippen LogP contribution < -0.4 is 0 Å². The van der Waals surface area contributed by atoms with Crippen molar-refractivity contribution in [3.05, 3.63) is 96.6 Å². The Kier molecular flexibility index (Phi) is 3.80. The third-order valence-electron chi connectivity index (χ3n) is 5.15. The molecule has 0 bridgehead atoms. The van der Waals surface area contributed by atoms with Gasteiger partial charge >= 0.3 is 0 Å². The maximum absolute atomic E-state index is 5.00. The summed E-state index contributed by atoms with van der Waals surface area (Å²) in [5.41, 5.74) is 7.19. The molecule has 5 aromatic rings. The van der Waals surface area contributed by atoms with Gasteiger partial charge in [0.25, 0.3) is 0 Å². The van der Waals surface area contributed by atoms with Crippen LogP contribution in [0.4, 0.5) is 0 Å². The summed E-state index contributed by atoms with van der Waals surface area (Å²) in [7, 11) is 0. The fourth-order valence-corrected chi connectivity index (χ4v) is 4.38. The van der Waals surface area contributed by atoms with E-state index in [2.05, 4.69) is 102 Å². The normalized spacial score (nSPS) is 11.3. The van der Waals surface area contributed by atoms with Crippen LogP contribution in [0, 0.1) is 6.92 Å². The lowest BCUT2D eigenvalue weighted by Crippen LogP contribution is -1.93. The molecule has 0 fully saturated rings. The van der Waals surface area contributed by atoms with E-state index in [1.807, 2.05) is 0 Å². The van der Waals surface area contributed by atoms with Crippen LogP contribution in [0.3, 0.4) is 0 Å². The van der Waals surface area contributed by atoms with Crippen molar-refractivity contribution in [1.82, 2.24) is 4.57 Å². The lowest BCUT2D eigenvalue weighted by Gasteiger charge is -2.10. The number of para-hydroxylation sites is 2. The molecular formula is C25H19NS. The summed E-state index contributed by atoms with van der Waals surface area (Å²) in [5, 5.41) is 2.44. The summed E-state index contributed by atoms with van der Waals surface area (Å²) in [6, 6.07) is 32.1. The molecule has 5 rings (SSSR count). The minimum atomic E-state index is 1.03. The minimum absolute atomic E-state index is 1.03. The standard InChI is InChI=1S/C25H19NS/c1-17-8-7-9-18(16-17)20-14-15-23-24(25(20)27)21-12-5-6-13-22(21)26(23)19-10-3-2-4-11-19/h2-16,27H,1H3. The van der Waals surface area contributed by atoms with Gasteiger partial charge in [0, 0.05) is 21.4 Å². The van der Waals surface area contributed by atoms with Gasteiger partial charge in [-0.15, -0.1) is 12.6 Å². The molecule has 1 heterocycles. The van der Waals surface area contributed by atoms with E-state index in [1.54, 1.807) is 0 Å². The third kappa shape index (κ3) is 2.56. The topological polar surface area (TPSA) is 4.93 Å². The second-order valence-corrected chi connectivity index (χ2v) is 7.36. The molecular weight excluding hydrogens is 346 g/mol. The molecule has 0 aliphatic carbocycles. The smallest absolute Gasteiger partial charge is 0.0552 e. The van der Waals surface area contributed by atoms with Crippen molar-refractivity contribution >= 4 is 34.4 Å². The van der Waals surface area contributed by atoms with Crippen molar-refractivity contribution in [2.75, 3.05) is 0 Å². The quantitative estimate of drug-likeness (QED) is 0.320. The third-order valence-corrected chi connectivity index (χ3v) is 5.62. The summed E-state index contributed by atoms with van der Waals surface area (Å²) in [6.45, 7) is 2.13. The van der Waals surface area contributed by atoms with Gasteiger partial charge in [-0.25, -0.2) is 0 Å². The average molecular weight is 366 g/mol. The Balaban J connectivity index is 1.89. The van der Waals surface area contributed by atoms with Crippen LogP contribution in [0.15, 0.2) is 95.9 Å². The van der Waals surface area contributed by atoms with Crippen molar-refractivity contribution < 1.29 is 0 Å². The van der Waals surface area contributed by atoms with Crippen LogP contribution in [0.25, 0.3) is 38.6 Å². The Labute approximate surface area is 164 Å². The monoisotopic (exact) mass is 365 g/mol. The van der Waals surface area contributed by atoms with Crippen LogP contribution in [0.1, 0.15) is 5.56 Å². The molecule has 0 N–H and O–H groups in total. The van der Waals surface area contributed by atoms with Gasteiger partial charge in [0.05, 0.1) is 11.0 Å². The van der Waals surface area contributed by atoms with Gasteiger partial charge in [0.2, 0.25) is 0 Å². The molecule has 0 aliphatic rings. The van der Waals surface area contributed by atoms with Gasteiger partial charge in [0.1, 0.15) is 0 Å². The predicted octanol–water partition coefficient (Wildman–Crippen LogP) is 7.05. The van der Waals surface area contributed by atoms with Crippen LogP contribution in [-0.4, -0.2) is 4.57 Å². The lowest BCUT2D eigenvalue weighted by atomic mass is 10.0. The van der Waals surface area contributed by atoms with Gasteiger partial charge in [0.15, 0.2) is 0 Å². The first-order valence-electron chi connectivity index (χ1n) is 9.11. The Morgan fingerprint density at radius 1 is 0.704 bits per heavy atom. The summed E-state index contributed by atoms with van der Waals surface area (Å²) >= 11 is 5.00. The van der Waals surface area contributed by atoms with Crippen molar-refractivity contribution in [1.29, 1.82) is 0 Å². The predicted molar refractivity (Wildman–Crippen MR) is 118 cm³/mol. The first kappa shape index (κ1) is 16.2. The molecule has 0 saturated heterocycles.